The van der Waals surface area contributed by atoms with Gasteiger partial charge in [0, 0.05) is 63.9 Å². The summed E-state index contributed by atoms with van der Waals surface area (Å²) >= 11 is 0. The molecule has 2 N–H and O–H groups in total. The van der Waals surface area contributed by atoms with Crippen molar-refractivity contribution in [1.29, 1.82) is 0 Å². The summed E-state index contributed by atoms with van der Waals surface area (Å²) < 4.78 is 5.53. The van der Waals surface area contributed by atoms with Gasteiger partial charge in [-0.25, -0.2) is 0 Å². The monoisotopic (exact) mass is 386 g/mol. The maximum Gasteiger partial charge on any atom is 0.226 e. The molecule has 0 unspecified atom stereocenters. The predicted octanol–water partition coefficient (Wildman–Crippen LogP) is 2.01. The van der Waals surface area contributed by atoms with E-state index in [0.717, 1.165) is 77.9 Å². The van der Waals surface area contributed by atoms with Gasteiger partial charge in [-0.2, -0.15) is 0 Å². The van der Waals surface area contributed by atoms with Gasteiger partial charge in [0.05, 0.1) is 5.92 Å². The number of nitrogens with zero attached hydrogens (tertiary/aromatic N) is 3. The van der Waals surface area contributed by atoms with E-state index in [1.54, 1.807) is 0 Å². The summed E-state index contributed by atoms with van der Waals surface area (Å²) in [5.41, 5.74) is 7.71. The second kappa shape index (κ2) is 9.33. The van der Waals surface area contributed by atoms with Crippen molar-refractivity contribution < 1.29 is 9.53 Å². The number of aromatic nitrogens is 1. The van der Waals surface area contributed by atoms with Gasteiger partial charge in [-0.3, -0.25) is 14.7 Å². The highest BCUT2D eigenvalue weighted by molar-refractivity contribution is 5.79. The molecule has 1 aromatic heterocycles. The van der Waals surface area contributed by atoms with E-state index in [0.29, 0.717) is 17.9 Å². The molecule has 0 bridgehead atoms. The molecule has 1 aromatic rings. The fourth-order valence-corrected chi connectivity index (χ4v) is 5.13. The first-order chi connectivity index (χ1) is 13.7. The molecule has 3 aliphatic rings. The lowest BCUT2D eigenvalue weighted by atomic mass is 9.89. The highest BCUT2D eigenvalue weighted by Gasteiger charge is 2.34. The largest absolute Gasteiger partial charge is 0.381 e. The van der Waals surface area contributed by atoms with Crippen molar-refractivity contribution in [1.82, 2.24) is 14.8 Å². The van der Waals surface area contributed by atoms with E-state index in [-0.39, 0.29) is 12.0 Å². The minimum Gasteiger partial charge on any atom is -0.381 e. The Morgan fingerprint density at radius 3 is 2.43 bits per heavy atom. The second-order valence-corrected chi connectivity index (χ2v) is 8.71. The maximum atomic E-state index is 13.3. The average Bonchev–Trinajstić information content (AvgIpc) is 2.96. The highest BCUT2D eigenvalue weighted by atomic mass is 16.5. The Kier molecular flexibility index (Phi) is 6.60. The fraction of sp³-hybridized carbons (Fsp3) is 0.727. The molecule has 0 aliphatic carbocycles. The van der Waals surface area contributed by atoms with Crippen LogP contribution in [-0.4, -0.2) is 72.2 Å². The Labute approximate surface area is 168 Å². The predicted molar refractivity (Wildman–Crippen MR) is 109 cm³/mol. The lowest BCUT2D eigenvalue weighted by molar-refractivity contribution is -0.137. The van der Waals surface area contributed by atoms with Gasteiger partial charge < -0.3 is 15.4 Å². The van der Waals surface area contributed by atoms with Gasteiger partial charge in [0.25, 0.3) is 0 Å². The summed E-state index contributed by atoms with van der Waals surface area (Å²) in [6.07, 6.45) is 9.82. The molecule has 3 fully saturated rings. The number of likely N-dealkylation sites (tertiary alicyclic amines) is 2. The van der Waals surface area contributed by atoms with Crippen molar-refractivity contribution in [3.63, 3.8) is 0 Å². The molecule has 2 atom stereocenters. The highest BCUT2D eigenvalue weighted by Crippen LogP contribution is 2.30. The molecule has 0 radical (unpaired) electrons. The second-order valence-electron chi connectivity index (χ2n) is 8.71. The van der Waals surface area contributed by atoms with Gasteiger partial charge in [0.2, 0.25) is 5.91 Å². The number of piperidine rings is 1. The SMILES string of the molecule is N[C@H]1CC[C@@H](C(=O)N2CCC(c3ccncc3)CC2)CN(C2CCOCC2)C1. The Hall–Kier alpha value is -1.50. The van der Waals surface area contributed by atoms with Gasteiger partial charge >= 0.3 is 0 Å². The summed E-state index contributed by atoms with van der Waals surface area (Å²) in [7, 11) is 0. The van der Waals surface area contributed by atoms with Crippen molar-refractivity contribution in [3.05, 3.63) is 30.1 Å². The number of carbonyl (C=O) groups excluding carboxylic acids is 1. The van der Waals surface area contributed by atoms with E-state index in [1.165, 1.54) is 5.56 Å². The molecule has 28 heavy (non-hydrogen) atoms. The Balaban J connectivity index is 1.35. The summed E-state index contributed by atoms with van der Waals surface area (Å²) in [6, 6.07) is 4.92. The van der Waals surface area contributed by atoms with E-state index in [1.807, 2.05) is 12.4 Å². The topological polar surface area (TPSA) is 71.7 Å². The number of hydrogen-bond acceptors (Lipinski definition) is 5. The number of ether oxygens (including phenoxy) is 1. The molecule has 1 amide bonds. The molecular weight excluding hydrogens is 352 g/mol. The Morgan fingerprint density at radius 2 is 1.71 bits per heavy atom. The number of carbonyl (C=O) groups is 1. The third-order valence-electron chi connectivity index (χ3n) is 6.85. The molecule has 4 heterocycles. The van der Waals surface area contributed by atoms with Gasteiger partial charge in [0.1, 0.15) is 0 Å². The summed E-state index contributed by atoms with van der Waals surface area (Å²) in [5, 5.41) is 0. The van der Waals surface area contributed by atoms with Crippen LogP contribution in [0.1, 0.15) is 50.0 Å². The minimum atomic E-state index is 0.0915. The van der Waals surface area contributed by atoms with Crippen LogP contribution in [0.2, 0.25) is 0 Å². The standard InChI is InChI=1S/C22H34N4O2/c23-20-2-1-19(15-26(16-20)21-7-13-28-14-8-21)22(27)25-11-5-18(6-12-25)17-3-9-24-10-4-17/h3-4,9-10,18-21H,1-2,5-8,11-16,23H2/t19-,20+/m1/s1. The quantitative estimate of drug-likeness (QED) is 0.860. The number of rotatable bonds is 3. The summed E-state index contributed by atoms with van der Waals surface area (Å²) in [4.78, 5) is 22.0. The first-order valence-electron chi connectivity index (χ1n) is 11.0. The zero-order chi connectivity index (χ0) is 19.3. The lowest BCUT2D eigenvalue weighted by Gasteiger charge is -2.37. The molecule has 3 aliphatic heterocycles. The maximum absolute atomic E-state index is 13.3. The molecule has 4 rings (SSSR count). The van der Waals surface area contributed by atoms with Crippen molar-refractivity contribution in [2.24, 2.45) is 11.7 Å². The minimum absolute atomic E-state index is 0.0915. The normalized spacial score (nSPS) is 28.8. The summed E-state index contributed by atoms with van der Waals surface area (Å²) in [5.74, 6) is 0.988. The van der Waals surface area contributed by atoms with Crippen LogP contribution in [-0.2, 0) is 9.53 Å². The van der Waals surface area contributed by atoms with Gasteiger partial charge in [-0.1, -0.05) is 0 Å². The van der Waals surface area contributed by atoms with E-state index in [2.05, 4.69) is 26.9 Å². The molecule has 0 aromatic carbocycles. The fourth-order valence-electron chi connectivity index (χ4n) is 5.13. The lowest BCUT2D eigenvalue weighted by Crippen LogP contribution is -2.48. The summed E-state index contributed by atoms with van der Waals surface area (Å²) in [6.45, 7) is 5.17. The van der Waals surface area contributed by atoms with Gasteiger partial charge in [0.15, 0.2) is 0 Å². The smallest absolute Gasteiger partial charge is 0.226 e. The molecule has 6 heteroatoms. The molecule has 0 spiro atoms. The van der Waals surface area contributed by atoms with Crippen molar-refractivity contribution in [3.8, 4) is 0 Å². The zero-order valence-corrected chi connectivity index (χ0v) is 16.8. The van der Waals surface area contributed by atoms with Crippen LogP contribution in [0, 0.1) is 5.92 Å². The zero-order valence-electron chi connectivity index (χ0n) is 16.8. The van der Waals surface area contributed by atoms with Crippen LogP contribution in [0.3, 0.4) is 0 Å². The third kappa shape index (κ3) is 4.73. The van der Waals surface area contributed by atoms with Crippen molar-refractivity contribution in [2.45, 2.75) is 56.5 Å². The van der Waals surface area contributed by atoms with E-state index in [9.17, 15) is 4.79 Å². The Bertz CT molecular complexity index is 627. The van der Waals surface area contributed by atoms with Crippen LogP contribution in [0.4, 0.5) is 0 Å². The van der Waals surface area contributed by atoms with E-state index < -0.39 is 0 Å². The van der Waals surface area contributed by atoms with Crippen LogP contribution >= 0.6 is 0 Å². The first-order valence-corrected chi connectivity index (χ1v) is 11.0. The van der Waals surface area contributed by atoms with Crippen molar-refractivity contribution in [2.75, 3.05) is 39.4 Å². The van der Waals surface area contributed by atoms with E-state index in [4.69, 9.17) is 10.5 Å². The average molecular weight is 387 g/mol. The third-order valence-corrected chi connectivity index (χ3v) is 6.85. The Morgan fingerprint density at radius 1 is 1.00 bits per heavy atom. The van der Waals surface area contributed by atoms with Crippen LogP contribution < -0.4 is 5.73 Å². The van der Waals surface area contributed by atoms with Gasteiger partial charge in [-0.15, -0.1) is 0 Å². The molecule has 6 nitrogen and oxygen atoms in total. The molecule has 0 saturated carbocycles. The van der Waals surface area contributed by atoms with Crippen LogP contribution in [0.5, 0.6) is 0 Å². The molecule has 3 saturated heterocycles. The van der Waals surface area contributed by atoms with Crippen molar-refractivity contribution >= 4 is 5.91 Å². The number of pyridine rings is 1. The van der Waals surface area contributed by atoms with Gasteiger partial charge in [-0.05, 0) is 62.1 Å². The number of hydrogen-bond donors (Lipinski definition) is 1. The van der Waals surface area contributed by atoms with Crippen LogP contribution in [0.25, 0.3) is 0 Å². The first kappa shape index (κ1) is 19.8. The van der Waals surface area contributed by atoms with E-state index >= 15 is 0 Å². The van der Waals surface area contributed by atoms with Crippen LogP contribution in [0.15, 0.2) is 24.5 Å². The molecular formula is C22H34N4O2. The number of amides is 1. The molecule has 154 valence electrons. The number of nitrogens with two attached hydrogens (primary N) is 1.